The highest BCUT2D eigenvalue weighted by atomic mass is 16.5. The first-order valence-electron chi connectivity index (χ1n) is 5.42. The summed E-state index contributed by atoms with van der Waals surface area (Å²) in [5.41, 5.74) is 6.82. The second kappa shape index (κ2) is 3.63. The van der Waals surface area contributed by atoms with Gasteiger partial charge in [0.25, 0.3) is 0 Å². The molecular weight excluding hydrogens is 212 g/mol. The average molecular weight is 224 g/mol. The van der Waals surface area contributed by atoms with E-state index >= 15 is 0 Å². The van der Waals surface area contributed by atoms with Crippen LogP contribution in [0.25, 0.3) is 21.7 Å². The van der Waals surface area contributed by atoms with Crippen LogP contribution in [-0.2, 0) is 0 Å². The number of pyridine rings is 1. The van der Waals surface area contributed by atoms with Crippen LogP contribution in [0, 0.1) is 0 Å². The molecule has 0 bridgehead atoms. The lowest BCUT2D eigenvalue weighted by Crippen LogP contribution is -1.94. The molecule has 1 heterocycles. The summed E-state index contributed by atoms with van der Waals surface area (Å²) in [5, 5.41) is 3.05. The number of nitrogens with zero attached hydrogens (tertiary/aromatic N) is 1. The molecule has 0 saturated heterocycles. The molecule has 0 saturated carbocycles. The second-order valence-electron chi connectivity index (χ2n) is 3.90. The number of hydrogen-bond donors (Lipinski definition) is 1. The molecule has 0 amide bonds. The van der Waals surface area contributed by atoms with Crippen molar-refractivity contribution in [3.05, 3.63) is 42.5 Å². The molecule has 84 valence electrons. The topological polar surface area (TPSA) is 48.1 Å². The predicted octanol–water partition coefficient (Wildman–Crippen LogP) is 2.98. The van der Waals surface area contributed by atoms with Gasteiger partial charge in [0.15, 0.2) is 0 Å². The highest BCUT2D eigenvalue weighted by Gasteiger charge is 2.09. The number of methoxy groups -OCH3 is 1. The third-order valence-electron chi connectivity index (χ3n) is 2.94. The van der Waals surface area contributed by atoms with Gasteiger partial charge in [-0.2, -0.15) is 0 Å². The van der Waals surface area contributed by atoms with Crippen molar-refractivity contribution in [1.82, 2.24) is 4.98 Å². The number of nitrogens with two attached hydrogens (primary N) is 1. The summed E-state index contributed by atoms with van der Waals surface area (Å²) in [6.07, 6.45) is 0. The van der Waals surface area contributed by atoms with Crippen LogP contribution in [0.5, 0.6) is 5.75 Å². The van der Waals surface area contributed by atoms with Crippen molar-refractivity contribution in [2.75, 3.05) is 12.8 Å². The number of aromatic nitrogens is 1. The maximum Gasteiger partial charge on any atom is 0.132 e. The number of rotatable bonds is 1. The monoisotopic (exact) mass is 224 g/mol. The molecule has 0 spiro atoms. The molecular formula is C14H12N2O. The van der Waals surface area contributed by atoms with Gasteiger partial charge in [0.2, 0.25) is 0 Å². The van der Waals surface area contributed by atoms with Crippen molar-refractivity contribution in [3.8, 4) is 5.75 Å². The fourth-order valence-corrected chi connectivity index (χ4v) is 2.17. The molecule has 17 heavy (non-hydrogen) atoms. The smallest absolute Gasteiger partial charge is 0.132 e. The Morgan fingerprint density at radius 1 is 1.00 bits per heavy atom. The van der Waals surface area contributed by atoms with E-state index < -0.39 is 0 Å². The quantitative estimate of drug-likeness (QED) is 0.646. The van der Waals surface area contributed by atoms with Gasteiger partial charge in [-0.15, -0.1) is 0 Å². The van der Waals surface area contributed by atoms with Crippen LogP contribution in [0.4, 0.5) is 5.82 Å². The Labute approximate surface area is 98.8 Å². The van der Waals surface area contributed by atoms with E-state index in [1.54, 1.807) is 7.11 Å². The van der Waals surface area contributed by atoms with Crippen LogP contribution in [0.2, 0.25) is 0 Å². The lowest BCUT2D eigenvalue weighted by molar-refractivity contribution is 0.420. The maximum absolute atomic E-state index is 5.96. The molecule has 3 nitrogen and oxygen atoms in total. The fraction of sp³-hybridized carbons (Fsp3) is 0.0714. The Bertz CT molecular complexity index is 707. The van der Waals surface area contributed by atoms with Gasteiger partial charge in [-0.1, -0.05) is 30.3 Å². The summed E-state index contributed by atoms with van der Waals surface area (Å²) >= 11 is 0. The van der Waals surface area contributed by atoms with Gasteiger partial charge in [0.05, 0.1) is 18.0 Å². The SMILES string of the molecule is COc1cccc2nc(N)c3ccccc3c12. The Kier molecular flexibility index (Phi) is 2.11. The third kappa shape index (κ3) is 1.40. The van der Waals surface area contributed by atoms with Crippen molar-refractivity contribution in [1.29, 1.82) is 0 Å². The standard InChI is InChI=1S/C14H12N2O/c1-17-12-8-4-7-11-13(12)9-5-2-3-6-10(9)14(15)16-11/h2-8H,1H3,(H2,15,16). The number of ether oxygens (including phenoxy) is 1. The van der Waals surface area contributed by atoms with Crippen LogP contribution in [-0.4, -0.2) is 12.1 Å². The summed E-state index contributed by atoms with van der Waals surface area (Å²) in [6, 6.07) is 13.8. The first-order chi connectivity index (χ1) is 8.31. The Balaban J connectivity index is 2.60. The molecule has 0 unspecified atom stereocenters. The number of nitrogen functional groups attached to an aromatic ring is 1. The predicted molar refractivity (Wildman–Crippen MR) is 70.2 cm³/mol. The molecule has 0 fully saturated rings. The van der Waals surface area contributed by atoms with E-state index in [2.05, 4.69) is 4.98 Å². The minimum Gasteiger partial charge on any atom is -0.496 e. The van der Waals surface area contributed by atoms with Crippen LogP contribution in [0.3, 0.4) is 0 Å². The van der Waals surface area contributed by atoms with E-state index in [0.29, 0.717) is 5.82 Å². The van der Waals surface area contributed by atoms with E-state index in [1.807, 2.05) is 42.5 Å². The third-order valence-corrected chi connectivity index (χ3v) is 2.94. The lowest BCUT2D eigenvalue weighted by Gasteiger charge is -2.09. The van der Waals surface area contributed by atoms with Crippen LogP contribution in [0.1, 0.15) is 0 Å². The molecule has 0 aliphatic heterocycles. The van der Waals surface area contributed by atoms with E-state index in [0.717, 1.165) is 27.4 Å². The minimum atomic E-state index is 0.557. The van der Waals surface area contributed by atoms with Gasteiger partial charge < -0.3 is 10.5 Å². The van der Waals surface area contributed by atoms with Crippen molar-refractivity contribution in [2.45, 2.75) is 0 Å². The highest BCUT2D eigenvalue weighted by molar-refractivity contribution is 6.12. The number of hydrogen-bond acceptors (Lipinski definition) is 3. The van der Waals surface area contributed by atoms with Gasteiger partial charge in [-0.25, -0.2) is 4.98 Å². The number of benzene rings is 2. The summed E-state index contributed by atoms with van der Waals surface area (Å²) < 4.78 is 5.39. The molecule has 3 aromatic rings. The molecule has 3 heteroatoms. The van der Waals surface area contributed by atoms with E-state index in [-0.39, 0.29) is 0 Å². The summed E-state index contributed by atoms with van der Waals surface area (Å²) in [4.78, 5) is 4.41. The van der Waals surface area contributed by atoms with Crippen molar-refractivity contribution in [3.63, 3.8) is 0 Å². The first kappa shape index (κ1) is 9.90. The molecule has 1 aromatic heterocycles. The van der Waals surface area contributed by atoms with Gasteiger partial charge in [-0.05, 0) is 17.5 Å². The minimum absolute atomic E-state index is 0.557. The van der Waals surface area contributed by atoms with Gasteiger partial charge >= 0.3 is 0 Å². The maximum atomic E-state index is 5.96. The lowest BCUT2D eigenvalue weighted by atomic mass is 10.1. The molecule has 2 aromatic carbocycles. The molecule has 3 rings (SSSR count). The van der Waals surface area contributed by atoms with E-state index in [1.165, 1.54) is 0 Å². The molecule has 0 aliphatic carbocycles. The molecule has 0 aliphatic rings. The second-order valence-corrected chi connectivity index (χ2v) is 3.90. The average Bonchev–Trinajstić information content (AvgIpc) is 2.38. The van der Waals surface area contributed by atoms with Gasteiger partial charge in [0.1, 0.15) is 11.6 Å². The number of anilines is 1. The molecule has 0 atom stereocenters. The largest absolute Gasteiger partial charge is 0.496 e. The Morgan fingerprint density at radius 2 is 1.76 bits per heavy atom. The Hall–Kier alpha value is -2.29. The van der Waals surface area contributed by atoms with Crippen LogP contribution in [0.15, 0.2) is 42.5 Å². The first-order valence-corrected chi connectivity index (χ1v) is 5.42. The fourth-order valence-electron chi connectivity index (χ4n) is 2.17. The van der Waals surface area contributed by atoms with Gasteiger partial charge in [-0.3, -0.25) is 0 Å². The van der Waals surface area contributed by atoms with Crippen LogP contribution >= 0.6 is 0 Å². The van der Waals surface area contributed by atoms with Crippen molar-refractivity contribution < 1.29 is 4.74 Å². The zero-order chi connectivity index (χ0) is 11.8. The highest BCUT2D eigenvalue weighted by Crippen LogP contribution is 2.33. The Morgan fingerprint density at radius 3 is 2.53 bits per heavy atom. The summed E-state index contributed by atoms with van der Waals surface area (Å²) in [6.45, 7) is 0. The summed E-state index contributed by atoms with van der Waals surface area (Å²) in [5.74, 6) is 1.38. The zero-order valence-corrected chi connectivity index (χ0v) is 9.47. The normalized spacial score (nSPS) is 10.9. The van der Waals surface area contributed by atoms with E-state index in [4.69, 9.17) is 10.5 Å². The molecule has 0 radical (unpaired) electrons. The van der Waals surface area contributed by atoms with Crippen molar-refractivity contribution >= 4 is 27.5 Å². The van der Waals surface area contributed by atoms with E-state index in [9.17, 15) is 0 Å². The zero-order valence-electron chi connectivity index (χ0n) is 9.47. The van der Waals surface area contributed by atoms with Crippen LogP contribution < -0.4 is 10.5 Å². The van der Waals surface area contributed by atoms with Gasteiger partial charge in [0, 0.05) is 5.39 Å². The number of fused-ring (bicyclic) bond motifs is 3. The van der Waals surface area contributed by atoms with Crippen molar-refractivity contribution in [2.24, 2.45) is 0 Å². The molecule has 2 N–H and O–H groups in total. The summed E-state index contributed by atoms with van der Waals surface area (Å²) in [7, 11) is 1.67.